The molecule has 0 aliphatic carbocycles. The predicted octanol–water partition coefficient (Wildman–Crippen LogP) is 6.20. The van der Waals surface area contributed by atoms with E-state index in [0.717, 1.165) is 30.5 Å². The lowest BCUT2D eigenvalue weighted by Crippen LogP contribution is -2.42. The number of amides is 2. The summed E-state index contributed by atoms with van der Waals surface area (Å²) >= 11 is 0. The van der Waals surface area contributed by atoms with Gasteiger partial charge in [-0.2, -0.15) is 18.3 Å². The molecule has 1 unspecified atom stereocenters. The Morgan fingerprint density at radius 1 is 1.10 bits per heavy atom. The van der Waals surface area contributed by atoms with Gasteiger partial charge in [0.2, 0.25) is 5.91 Å². The second kappa shape index (κ2) is 11.7. The van der Waals surface area contributed by atoms with Gasteiger partial charge in [-0.3, -0.25) is 9.59 Å². The molecule has 2 heterocycles. The van der Waals surface area contributed by atoms with Crippen LogP contribution in [0.25, 0.3) is 10.8 Å². The number of nitrogens with one attached hydrogen (secondary N) is 2. The van der Waals surface area contributed by atoms with Gasteiger partial charge in [-0.05, 0) is 82.0 Å². The lowest BCUT2D eigenvalue weighted by atomic mass is 9.89. The molecule has 226 valence electrons. The summed E-state index contributed by atoms with van der Waals surface area (Å²) in [5.41, 5.74) is -0.625. The first kappa shape index (κ1) is 30.9. The molecular weight excluding hydrogens is 551 g/mol. The summed E-state index contributed by atoms with van der Waals surface area (Å²) in [7, 11) is 1.50. The summed E-state index contributed by atoms with van der Waals surface area (Å²) in [6.07, 6.45) is -3.38. The van der Waals surface area contributed by atoms with Gasteiger partial charge < -0.3 is 20.3 Å². The Balaban J connectivity index is 1.69. The number of halogens is 3. The molecule has 1 fully saturated rings. The lowest BCUT2D eigenvalue weighted by molar-refractivity contribution is -0.137. The average Bonchev–Trinajstić information content (AvgIpc) is 2.89. The standard InChI is InChI=1S/C30H36F3N5O4/c1-17(21-12-22(30(31,32)33)15-23(13-21)35-18(2)39)34-26-25-14-19(9-10-24(25)27(40)37(6)36-26)20-8-7-11-38(16-20)28(41)42-29(3,4)5/h9-10,12-15,17,20H,7-8,11,16H2,1-6H3,(H,34,36)(H,35,39)/t17-,20?/m1/s1. The number of fused-ring (bicyclic) bond motifs is 1. The van der Waals surface area contributed by atoms with Crippen LogP contribution in [0, 0.1) is 0 Å². The number of hydrogen-bond acceptors (Lipinski definition) is 6. The van der Waals surface area contributed by atoms with E-state index in [1.807, 2.05) is 32.9 Å². The number of likely N-dealkylation sites (tertiary alicyclic amines) is 1. The molecule has 1 aliphatic heterocycles. The van der Waals surface area contributed by atoms with Crippen LogP contribution in [0.2, 0.25) is 0 Å². The lowest BCUT2D eigenvalue weighted by Gasteiger charge is -2.34. The van der Waals surface area contributed by atoms with Crippen molar-refractivity contribution in [2.75, 3.05) is 23.7 Å². The van der Waals surface area contributed by atoms with Crippen molar-refractivity contribution in [3.05, 3.63) is 63.4 Å². The van der Waals surface area contributed by atoms with Crippen LogP contribution in [-0.2, 0) is 22.8 Å². The van der Waals surface area contributed by atoms with Crippen molar-refractivity contribution >= 4 is 34.3 Å². The number of hydrogen-bond donors (Lipinski definition) is 2. The number of ether oxygens (including phenoxy) is 1. The van der Waals surface area contributed by atoms with Crippen LogP contribution >= 0.6 is 0 Å². The molecule has 2 atom stereocenters. The van der Waals surface area contributed by atoms with Crippen LogP contribution in [0.4, 0.5) is 29.5 Å². The van der Waals surface area contributed by atoms with E-state index < -0.39 is 29.3 Å². The summed E-state index contributed by atoms with van der Waals surface area (Å²) < 4.78 is 47.7. The molecule has 4 rings (SSSR count). The van der Waals surface area contributed by atoms with Crippen LogP contribution in [0.5, 0.6) is 0 Å². The Labute approximate surface area is 242 Å². The van der Waals surface area contributed by atoms with Gasteiger partial charge in [0.1, 0.15) is 5.60 Å². The minimum absolute atomic E-state index is 0.00585. The van der Waals surface area contributed by atoms with Crippen molar-refractivity contribution in [2.24, 2.45) is 7.05 Å². The van der Waals surface area contributed by atoms with Crippen molar-refractivity contribution in [3.8, 4) is 0 Å². The molecule has 3 aromatic rings. The Kier molecular flexibility index (Phi) is 8.56. The van der Waals surface area contributed by atoms with Gasteiger partial charge in [0.15, 0.2) is 5.82 Å². The highest BCUT2D eigenvalue weighted by atomic mass is 19.4. The SMILES string of the molecule is CC(=O)Nc1cc([C@@H](C)Nc2nn(C)c(=O)c3ccc(C4CCCN(C(=O)OC(C)(C)C)C4)cc23)cc(C(F)(F)F)c1. The number of anilines is 2. The van der Waals surface area contributed by atoms with Crippen LogP contribution in [0.1, 0.15) is 76.1 Å². The van der Waals surface area contributed by atoms with Gasteiger partial charge in [-0.15, -0.1) is 0 Å². The maximum Gasteiger partial charge on any atom is 0.416 e. The number of aryl methyl sites for hydroxylation is 1. The molecule has 42 heavy (non-hydrogen) atoms. The molecule has 1 aliphatic rings. The molecule has 1 aromatic heterocycles. The molecule has 2 aromatic carbocycles. The van der Waals surface area contributed by atoms with E-state index >= 15 is 0 Å². The number of carbonyl (C=O) groups is 2. The number of carbonyl (C=O) groups excluding carboxylic acids is 2. The summed E-state index contributed by atoms with van der Waals surface area (Å²) in [6.45, 7) is 9.39. The fourth-order valence-corrected chi connectivity index (χ4v) is 5.10. The van der Waals surface area contributed by atoms with Crippen LogP contribution < -0.4 is 16.2 Å². The van der Waals surface area contributed by atoms with E-state index in [1.54, 1.807) is 17.9 Å². The molecule has 1 saturated heterocycles. The molecule has 2 N–H and O–H groups in total. The third-order valence-corrected chi connectivity index (χ3v) is 7.07. The first-order valence-corrected chi connectivity index (χ1v) is 13.8. The van der Waals surface area contributed by atoms with Gasteiger partial charge in [-0.25, -0.2) is 9.48 Å². The van der Waals surface area contributed by atoms with Crippen molar-refractivity contribution in [2.45, 2.75) is 71.2 Å². The maximum atomic E-state index is 13.6. The van der Waals surface area contributed by atoms with Crippen molar-refractivity contribution in [1.82, 2.24) is 14.7 Å². The largest absolute Gasteiger partial charge is 0.444 e. The van der Waals surface area contributed by atoms with E-state index in [0.29, 0.717) is 29.7 Å². The first-order valence-electron chi connectivity index (χ1n) is 13.8. The average molecular weight is 588 g/mol. The fraction of sp³-hybridized carbons (Fsp3) is 0.467. The molecule has 9 nitrogen and oxygen atoms in total. The summed E-state index contributed by atoms with van der Waals surface area (Å²) in [4.78, 5) is 38.9. The number of piperidine rings is 1. The summed E-state index contributed by atoms with van der Waals surface area (Å²) in [6, 6.07) is 8.14. The fourth-order valence-electron chi connectivity index (χ4n) is 5.10. The van der Waals surface area contributed by atoms with Crippen LogP contribution in [0.3, 0.4) is 0 Å². The van der Waals surface area contributed by atoms with E-state index in [-0.39, 0.29) is 28.8 Å². The minimum Gasteiger partial charge on any atom is -0.444 e. The summed E-state index contributed by atoms with van der Waals surface area (Å²) in [5, 5.41) is 10.9. The van der Waals surface area contributed by atoms with Gasteiger partial charge in [-0.1, -0.05) is 6.07 Å². The number of aromatic nitrogens is 2. The third-order valence-electron chi connectivity index (χ3n) is 7.07. The monoisotopic (exact) mass is 587 g/mol. The van der Waals surface area contributed by atoms with E-state index in [4.69, 9.17) is 4.74 Å². The highest BCUT2D eigenvalue weighted by Crippen LogP contribution is 2.35. The Hall–Kier alpha value is -4.09. The molecule has 0 radical (unpaired) electrons. The maximum absolute atomic E-state index is 13.6. The van der Waals surface area contributed by atoms with E-state index in [2.05, 4.69) is 15.7 Å². The molecule has 2 amide bonds. The van der Waals surface area contributed by atoms with E-state index in [1.165, 1.54) is 24.7 Å². The number of rotatable bonds is 5. The molecule has 12 heteroatoms. The second-order valence-corrected chi connectivity index (χ2v) is 11.7. The Morgan fingerprint density at radius 3 is 2.45 bits per heavy atom. The van der Waals surface area contributed by atoms with Gasteiger partial charge in [0, 0.05) is 44.1 Å². The molecule has 0 saturated carbocycles. The van der Waals surface area contributed by atoms with Crippen LogP contribution in [-0.4, -0.2) is 45.4 Å². The highest BCUT2D eigenvalue weighted by Gasteiger charge is 2.32. The first-order chi connectivity index (χ1) is 19.5. The zero-order valence-electron chi connectivity index (χ0n) is 24.6. The Bertz CT molecular complexity index is 1560. The number of alkyl halides is 3. The van der Waals surface area contributed by atoms with Crippen molar-refractivity contribution < 1.29 is 27.5 Å². The highest BCUT2D eigenvalue weighted by molar-refractivity contribution is 5.92. The molecule has 0 bridgehead atoms. The van der Waals surface area contributed by atoms with Crippen molar-refractivity contribution in [1.29, 1.82) is 0 Å². The smallest absolute Gasteiger partial charge is 0.416 e. The van der Waals surface area contributed by atoms with Crippen LogP contribution in [0.15, 0.2) is 41.2 Å². The molecule has 0 spiro atoms. The van der Waals surface area contributed by atoms with Crippen molar-refractivity contribution in [3.63, 3.8) is 0 Å². The van der Waals surface area contributed by atoms with Gasteiger partial charge in [0.25, 0.3) is 5.56 Å². The zero-order valence-corrected chi connectivity index (χ0v) is 24.6. The zero-order chi connectivity index (χ0) is 31.0. The third kappa shape index (κ3) is 7.21. The predicted molar refractivity (Wildman–Crippen MR) is 155 cm³/mol. The van der Waals surface area contributed by atoms with E-state index in [9.17, 15) is 27.6 Å². The second-order valence-electron chi connectivity index (χ2n) is 11.7. The van der Waals surface area contributed by atoms with Gasteiger partial charge >= 0.3 is 12.3 Å². The normalized spacial score (nSPS) is 16.7. The quantitative estimate of drug-likeness (QED) is 0.368. The molecular formula is C30H36F3N5O4. The number of benzene rings is 2. The topological polar surface area (TPSA) is 106 Å². The van der Waals surface area contributed by atoms with Gasteiger partial charge in [0.05, 0.1) is 17.0 Å². The number of nitrogens with zero attached hydrogens (tertiary/aromatic N) is 3. The minimum atomic E-state index is -4.62. The Morgan fingerprint density at radius 2 is 1.81 bits per heavy atom. The summed E-state index contributed by atoms with van der Waals surface area (Å²) in [5.74, 6) is -0.180.